The lowest BCUT2D eigenvalue weighted by Crippen LogP contribution is -2.17. The van der Waals surface area contributed by atoms with Gasteiger partial charge in [0.15, 0.2) is 0 Å². The van der Waals surface area contributed by atoms with Gasteiger partial charge in [-0.05, 0) is 54.8 Å². The second kappa shape index (κ2) is 6.64. The van der Waals surface area contributed by atoms with E-state index in [9.17, 15) is 4.39 Å². The third-order valence-corrected chi connectivity index (χ3v) is 3.39. The fourth-order valence-corrected chi connectivity index (χ4v) is 2.12. The molecule has 1 aromatic heterocycles. The van der Waals surface area contributed by atoms with Crippen LogP contribution in [0, 0.1) is 12.7 Å². The first-order chi connectivity index (χ1) is 9.16. The average molecular weight is 279 g/mol. The van der Waals surface area contributed by atoms with Gasteiger partial charge in [0.1, 0.15) is 5.82 Å². The molecule has 2 aromatic rings. The summed E-state index contributed by atoms with van der Waals surface area (Å²) in [6.07, 6.45) is 4.24. The lowest BCUT2D eigenvalue weighted by atomic mass is 10.1. The summed E-state index contributed by atoms with van der Waals surface area (Å²) in [7, 11) is 0. The molecule has 0 saturated heterocycles. The number of pyridine rings is 1. The Morgan fingerprint density at radius 2 is 2.11 bits per heavy atom. The number of nitrogens with zero attached hydrogens (tertiary/aromatic N) is 1. The van der Waals surface area contributed by atoms with E-state index in [4.69, 9.17) is 11.6 Å². The number of nitrogens with one attached hydrogen (secondary N) is 1. The van der Waals surface area contributed by atoms with Gasteiger partial charge in [-0.25, -0.2) is 4.39 Å². The van der Waals surface area contributed by atoms with Gasteiger partial charge in [0.2, 0.25) is 0 Å². The zero-order valence-electron chi connectivity index (χ0n) is 10.8. The Kier molecular flexibility index (Phi) is 4.88. The molecule has 0 saturated carbocycles. The largest absolute Gasteiger partial charge is 0.312 e. The van der Waals surface area contributed by atoms with E-state index >= 15 is 0 Å². The Morgan fingerprint density at radius 1 is 1.26 bits per heavy atom. The van der Waals surface area contributed by atoms with E-state index in [2.05, 4.69) is 10.3 Å². The van der Waals surface area contributed by atoms with Crippen molar-refractivity contribution in [2.75, 3.05) is 6.54 Å². The fraction of sp³-hybridized carbons (Fsp3) is 0.267. The van der Waals surface area contributed by atoms with Crippen molar-refractivity contribution in [1.29, 1.82) is 0 Å². The highest BCUT2D eigenvalue weighted by Gasteiger charge is 2.01. The van der Waals surface area contributed by atoms with Crippen LogP contribution in [-0.2, 0) is 13.0 Å². The summed E-state index contributed by atoms with van der Waals surface area (Å²) in [6, 6.07) is 6.81. The maximum Gasteiger partial charge on any atom is 0.123 e. The number of benzene rings is 1. The molecule has 0 aliphatic heterocycles. The van der Waals surface area contributed by atoms with Crippen LogP contribution in [0.2, 0.25) is 5.02 Å². The molecule has 0 amide bonds. The first-order valence-corrected chi connectivity index (χ1v) is 6.59. The Hall–Kier alpha value is -1.45. The van der Waals surface area contributed by atoms with Gasteiger partial charge >= 0.3 is 0 Å². The Morgan fingerprint density at radius 3 is 2.84 bits per heavy atom. The van der Waals surface area contributed by atoms with E-state index in [1.54, 1.807) is 18.5 Å². The molecule has 0 aliphatic carbocycles. The number of rotatable bonds is 5. The van der Waals surface area contributed by atoms with Crippen LogP contribution in [0.4, 0.5) is 4.39 Å². The number of hydrogen-bond donors (Lipinski definition) is 1. The summed E-state index contributed by atoms with van der Waals surface area (Å²) >= 11 is 6.02. The van der Waals surface area contributed by atoms with Crippen LogP contribution >= 0.6 is 11.6 Å². The third-order valence-electron chi connectivity index (χ3n) is 3.05. The van der Waals surface area contributed by atoms with Crippen molar-refractivity contribution in [3.63, 3.8) is 0 Å². The van der Waals surface area contributed by atoms with E-state index in [1.165, 1.54) is 6.07 Å². The van der Waals surface area contributed by atoms with Gasteiger partial charge in [-0.1, -0.05) is 17.7 Å². The molecule has 100 valence electrons. The summed E-state index contributed by atoms with van der Waals surface area (Å²) in [5.74, 6) is -0.183. The van der Waals surface area contributed by atoms with Crippen molar-refractivity contribution in [2.45, 2.75) is 19.9 Å². The Balaban J connectivity index is 1.83. The normalized spacial score (nSPS) is 10.7. The first kappa shape index (κ1) is 14.0. The van der Waals surface area contributed by atoms with E-state index in [1.807, 2.05) is 19.1 Å². The van der Waals surface area contributed by atoms with Crippen molar-refractivity contribution >= 4 is 11.6 Å². The second-order valence-corrected chi connectivity index (χ2v) is 4.87. The minimum absolute atomic E-state index is 0.183. The monoisotopic (exact) mass is 278 g/mol. The highest BCUT2D eigenvalue weighted by atomic mass is 35.5. The standard InChI is InChI=1S/C15H16ClFN2/c1-11-8-14(17)3-2-12(11)4-6-18-9-13-5-7-19-10-15(13)16/h2-3,5,7-8,10,18H,4,6,9H2,1H3. The SMILES string of the molecule is Cc1cc(F)ccc1CCNCc1ccncc1Cl. The minimum atomic E-state index is -0.183. The van der Waals surface area contributed by atoms with Crippen LogP contribution < -0.4 is 5.32 Å². The molecule has 19 heavy (non-hydrogen) atoms. The molecular formula is C15H16ClFN2. The van der Waals surface area contributed by atoms with Crippen LogP contribution in [0.25, 0.3) is 0 Å². The predicted octanol–water partition coefficient (Wildman–Crippen LogP) is 3.51. The molecule has 0 atom stereocenters. The van der Waals surface area contributed by atoms with Gasteiger partial charge in [-0.15, -0.1) is 0 Å². The third kappa shape index (κ3) is 4.01. The number of aryl methyl sites for hydroxylation is 1. The Bertz CT molecular complexity index is 558. The van der Waals surface area contributed by atoms with Crippen molar-refractivity contribution in [3.8, 4) is 0 Å². The number of aromatic nitrogens is 1. The van der Waals surface area contributed by atoms with Crippen LogP contribution in [0.3, 0.4) is 0 Å². The highest BCUT2D eigenvalue weighted by molar-refractivity contribution is 6.31. The highest BCUT2D eigenvalue weighted by Crippen LogP contribution is 2.13. The summed E-state index contributed by atoms with van der Waals surface area (Å²) in [5, 5.41) is 4.00. The molecule has 0 fully saturated rings. The fourth-order valence-electron chi connectivity index (χ4n) is 1.93. The van der Waals surface area contributed by atoms with Gasteiger partial charge in [-0.3, -0.25) is 4.98 Å². The average Bonchev–Trinajstić information content (AvgIpc) is 2.38. The molecule has 0 unspecified atom stereocenters. The van der Waals surface area contributed by atoms with Gasteiger partial charge in [0.25, 0.3) is 0 Å². The molecule has 1 heterocycles. The molecule has 1 aromatic carbocycles. The maximum absolute atomic E-state index is 13.0. The zero-order valence-corrected chi connectivity index (χ0v) is 11.5. The lowest BCUT2D eigenvalue weighted by Gasteiger charge is -2.08. The first-order valence-electron chi connectivity index (χ1n) is 6.21. The van der Waals surface area contributed by atoms with Gasteiger partial charge in [0.05, 0.1) is 5.02 Å². The van der Waals surface area contributed by atoms with Crippen molar-refractivity contribution < 1.29 is 4.39 Å². The molecule has 1 N–H and O–H groups in total. The molecule has 4 heteroatoms. The lowest BCUT2D eigenvalue weighted by molar-refractivity contribution is 0.624. The summed E-state index contributed by atoms with van der Waals surface area (Å²) < 4.78 is 13.0. The van der Waals surface area contributed by atoms with Crippen LogP contribution in [0.1, 0.15) is 16.7 Å². The molecule has 0 spiro atoms. The number of hydrogen-bond acceptors (Lipinski definition) is 2. The van der Waals surface area contributed by atoms with Gasteiger partial charge in [0, 0.05) is 18.9 Å². The molecule has 2 rings (SSSR count). The van der Waals surface area contributed by atoms with E-state index < -0.39 is 0 Å². The molecule has 0 bridgehead atoms. The topological polar surface area (TPSA) is 24.9 Å². The summed E-state index contributed by atoms with van der Waals surface area (Å²) in [4.78, 5) is 3.95. The summed E-state index contributed by atoms with van der Waals surface area (Å²) in [5.41, 5.74) is 3.19. The predicted molar refractivity (Wildman–Crippen MR) is 75.8 cm³/mol. The van der Waals surface area contributed by atoms with E-state index in [-0.39, 0.29) is 5.82 Å². The molecular weight excluding hydrogens is 263 g/mol. The van der Waals surface area contributed by atoms with Crippen LogP contribution in [0.15, 0.2) is 36.7 Å². The minimum Gasteiger partial charge on any atom is -0.312 e. The zero-order chi connectivity index (χ0) is 13.7. The molecule has 0 radical (unpaired) electrons. The van der Waals surface area contributed by atoms with E-state index in [0.29, 0.717) is 11.6 Å². The van der Waals surface area contributed by atoms with Crippen molar-refractivity contribution in [3.05, 3.63) is 64.2 Å². The van der Waals surface area contributed by atoms with Gasteiger partial charge < -0.3 is 5.32 Å². The second-order valence-electron chi connectivity index (χ2n) is 4.46. The summed E-state index contributed by atoms with van der Waals surface area (Å²) in [6.45, 7) is 3.46. The maximum atomic E-state index is 13.0. The Labute approximate surface area is 117 Å². The molecule has 0 aliphatic rings. The number of halogens is 2. The van der Waals surface area contributed by atoms with Crippen molar-refractivity contribution in [2.24, 2.45) is 0 Å². The molecule has 2 nitrogen and oxygen atoms in total. The quantitative estimate of drug-likeness (QED) is 0.847. The smallest absolute Gasteiger partial charge is 0.123 e. The van der Waals surface area contributed by atoms with Crippen LogP contribution in [-0.4, -0.2) is 11.5 Å². The van der Waals surface area contributed by atoms with Gasteiger partial charge in [-0.2, -0.15) is 0 Å². The van der Waals surface area contributed by atoms with Crippen molar-refractivity contribution in [1.82, 2.24) is 10.3 Å². The van der Waals surface area contributed by atoms with E-state index in [0.717, 1.165) is 29.7 Å². The van der Waals surface area contributed by atoms with Crippen LogP contribution in [0.5, 0.6) is 0 Å².